The zero-order valence-electron chi connectivity index (χ0n) is 42.3. The van der Waals surface area contributed by atoms with Gasteiger partial charge in [-0.15, -0.1) is 5.10 Å². The summed E-state index contributed by atoms with van der Waals surface area (Å²) in [6.07, 6.45) is 3.98. The largest absolute Gasteiger partial charge is 0.457 e. The highest BCUT2D eigenvalue weighted by Gasteiger charge is 2.49. The minimum absolute atomic E-state index is 0.0275. The maximum Gasteiger partial charge on any atom is 0.129 e. The highest BCUT2D eigenvalue weighted by molar-refractivity contribution is 5.90. The molecular formula is C62H67N5O. The minimum Gasteiger partial charge on any atom is -0.457 e. The number of ether oxygens (including phenoxy) is 1. The lowest BCUT2D eigenvalue weighted by atomic mass is 9.62. The van der Waals surface area contributed by atoms with E-state index in [1.165, 1.54) is 44.5 Å². The molecule has 0 aliphatic carbocycles. The van der Waals surface area contributed by atoms with Crippen LogP contribution in [0.2, 0.25) is 0 Å². The van der Waals surface area contributed by atoms with E-state index in [0.717, 1.165) is 45.5 Å². The fourth-order valence-corrected chi connectivity index (χ4v) is 9.95. The van der Waals surface area contributed by atoms with Gasteiger partial charge in [0.25, 0.3) is 0 Å². The van der Waals surface area contributed by atoms with Crippen molar-refractivity contribution in [1.29, 1.82) is 0 Å². The van der Waals surface area contributed by atoms with E-state index >= 15 is 0 Å². The molecule has 9 rings (SSSR count). The van der Waals surface area contributed by atoms with Gasteiger partial charge in [0.05, 0.1) is 34.4 Å². The molecule has 0 atom stereocenters. The van der Waals surface area contributed by atoms with Crippen LogP contribution in [-0.4, -0.2) is 20.0 Å². The Morgan fingerprint density at radius 2 is 1.06 bits per heavy atom. The van der Waals surface area contributed by atoms with Gasteiger partial charge < -0.3 is 9.64 Å². The summed E-state index contributed by atoms with van der Waals surface area (Å²) in [5, 5.41) is 9.41. The molecule has 0 unspecified atom stereocenters. The van der Waals surface area contributed by atoms with Crippen LogP contribution in [0.3, 0.4) is 0 Å². The van der Waals surface area contributed by atoms with Crippen molar-refractivity contribution in [2.75, 3.05) is 4.90 Å². The molecule has 2 aromatic heterocycles. The predicted octanol–water partition coefficient (Wildman–Crippen LogP) is 16.4. The van der Waals surface area contributed by atoms with Gasteiger partial charge >= 0.3 is 0 Å². The van der Waals surface area contributed by atoms with Crippen molar-refractivity contribution in [2.24, 2.45) is 0 Å². The zero-order chi connectivity index (χ0) is 48.3. The number of fused-ring (bicyclic) bond motifs is 2. The summed E-state index contributed by atoms with van der Waals surface area (Å²) < 4.78 is 8.77. The quantitative estimate of drug-likeness (QED) is 0.144. The summed E-state index contributed by atoms with van der Waals surface area (Å²) in [7, 11) is 0. The fourth-order valence-electron chi connectivity index (χ4n) is 9.95. The number of hydrogen-bond donors (Lipinski definition) is 0. The standard InChI is InChI=1S/C62H67N5O/c1-40(2)50-23-18-24-51(41(3)4)58(50)54-39-66(65-64-54)47-20-17-22-49(38-47)68-48-21-16-19-45(35-48)62(57-25-14-15-34-63-57)52-36-43(60(8,9)10)28-32-55(52)67(46-30-26-42(27-31-46)59(5,6)7)56-33-29-44(37-53(56)62)61(11,12)13/h14-41H,1-13H3. The van der Waals surface area contributed by atoms with Crippen molar-refractivity contribution in [1.82, 2.24) is 20.0 Å². The van der Waals surface area contributed by atoms with Crippen molar-refractivity contribution >= 4 is 17.1 Å². The molecule has 68 heavy (non-hydrogen) atoms. The number of anilines is 3. The fraction of sp³-hybridized carbons (Fsp3) is 0.306. The lowest BCUT2D eigenvalue weighted by Gasteiger charge is -2.47. The van der Waals surface area contributed by atoms with Gasteiger partial charge in [0.1, 0.15) is 17.2 Å². The molecule has 0 fully saturated rings. The summed E-state index contributed by atoms with van der Waals surface area (Å²) in [5.41, 5.74) is 15.9. The van der Waals surface area contributed by atoms with E-state index in [9.17, 15) is 0 Å². The highest BCUT2D eigenvalue weighted by Crippen LogP contribution is 2.59. The molecule has 0 amide bonds. The van der Waals surface area contributed by atoms with Crippen LogP contribution in [0.25, 0.3) is 16.9 Å². The average Bonchev–Trinajstić information content (AvgIpc) is 3.80. The van der Waals surface area contributed by atoms with E-state index in [1.807, 2.05) is 47.4 Å². The lowest BCUT2D eigenvalue weighted by molar-refractivity contribution is 0.480. The van der Waals surface area contributed by atoms with Crippen LogP contribution >= 0.6 is 0 Å². The highest BCUT2D eigenvalue weighted by atomic mass is 16.5. The van der Waals surface area contributed by atoms with E-state index < -0.39 is 5.41 Å². The van der Waals surface area contributed by atoms with Crippen LogP contribution in [0.4, 0.5) is 17.1 Å². The second kappa shape index (κ2) is 17.4. The number of benzene rings is 6. The third-order valence-electron chi connectivity index (χ3n) is 13.8. The maximum absolute atomic E-state index is 6.91. The van der Waals surface area contributed by atoms with Crippen LogP contribution in [0, 0.1) is 0 Å². The number of hydrogen-bond acceptors (Lipinski definition) is 5. The molecule has 0 spiro atoms. The third kappa shape index (κ3) is 8.44. The molecule has 1 aliphatic rings. The van der Waals surface area contributed by atoms with Crippen LogP contribution in [-0.2, 0) is 21.7 Å². The van der Waals surface area contributed by atoms with Crippen molar-refractivity contribution < 1.29 is 4.74 Å². The van der Waals surface area contributed by atoms with Gasteiger partial charge in [-0.2, -0.15) is 0 Å². The average molecular weight is 898 g/mol. The molecule has 6 heteroatoms. The maximum atomic E-state index is 6.91. The van der Waals surface area contributed by atoms with Gasteiger partial charge in [-0.3, -0.25) is 4.98 Å². The summed E-state index contributed by atoms with van der Waals surface area (Å²) >= 11 is 0. The van der Waals surface area contributed by atoms with Crippen LogP contribution < -0.4 is 9.64 Å². The SMILES string of the molecule is CC(C)c1cccc(C(C)C)c1-c1cn(-c2cccc(Oc3cccc(C4(c5ccccn5)c5cc(C(C)(C)C)ccc5N(c5ccc(C(C)(C)C)cc5)c5ccc(C(C)(C)C)cc54)c3)c2)nn1. The van der Waals surface area contributed by atoms with E-state index in [-0.39, 0.29) is 16.2 Å². The lowest BCUT2D eigenvalue weighted by Crippen LogP contribution is -2.39. The molecule has 0 saturated carbocycles. The van der Waals surface area contributed by atoms with E-state index in [0.29, 0.717) is 17.6 Å². The Morgan fingerprint density at radius 3 is 1.60 bits per heavy atom. The number of nitrogens with zero attached hydrogens (tertiary/aromatic N) is 5. The van der Waals surface area contributed by atoms with Gasteiger partial charge in [0.2, 0.25) is 0 Å². The first-order chi connectivity index (χ1) is 32.2. The van der Waals surface area contributed by atoms with Crippen molar-refractivity contribution in [3.63, 3.8) is 0 Å². The Morgan fingerprint density at radius 1 is 0.515 bits per heavy atom. The molecule has 346 valence electrons. The minimum atomic E-state index is -0.838. The Hall–Kier alpha value is -6.79. The zero-order valence-corrected chi connectivity index (χ0v) is 42.3. The molecule has 3 heterocycles. The molecule has 0 saturated heterocycles. The Bertz CT molecular complexity index is 3010. The van der Waals surface area contributed by atoms with E-state index in [4.69, 9.17) is 14.8 Å². The first kappa shape index (κ1) is 46.3. The molecule has 0 bridgehead atoms. The van der Waals surface area contributed by atoms with Crippen molar-refractivity contribution in [3.8, 4) is 28.4 Å². The summed E-state index contributed by atoms with van der Waals surface area (Å²) in [4.78, 5) is 7.77. The smallest absolute Gasteiger partial charge is 0.129 e. The van der Waals surface area contributed by atoms with Crippen molar-refractivity contribution in [3.05, 3.63) is 208 Å². The second-order valence-electron chi connectivity index (χ2n) is 22.4. The molecule has 6 nitrogen and oxygen atoms in total. The Kier molecular flexibility index (Phi) is 11.8. The monoisotopic (exact) mass is 898 g/mol. The topological polar surface area (TPSA) is 56.1 Å². The first-order valence-electron chi connectivity index (χ1n) is 24.3. The second-order valence-corrected chi connectivity index (χ2v) is 22.4. The van der Waals surface area contributed by atoms with Gasteiger partial charge in [-0.1, -0.05) is 174 Å². The van der Waals surface area contributed by atoms with Crippen molar-refractivity contribution in [2.45, 2.75) is 124 Å². The molecule has 0 radical (unpaired) electrons. The Labute approximate surface area is 405 Å². The molecule has 0 N–H and O–H groups in total. The number of aromatic nitrogens is 4. The van der Waals surface area contributed by atoms with Gasteiger partial charge in [0.15, 0.2) is 0 Å². The molecule has 8 aromatic rings. The van der Waals surface area contributed by atoms with E-state index in [1.54, 1.807) is 0 Å². The molecule has 1 aliphatic heterocycles. The number of rotatable bonds is 9. The van der Waals surface area contributed by atoms with E-state index in [2.05, 4.69) is 215 Å². The molecular weight excluding hydrogens is 831 g/mol. The van der Waals surface area contributed by atoms with Crippen LogP contribution in [0.15, 0.2) is 158 Å². The summed E-state index contributed by atoms with van der Waals surface area (Å²) in [6, 6.07) is 53.0. The Balaban J connectivity index is 1.22. The van der Waals surface area contributed by atoms with Gasteiger partial charge in [-0.25, -0.2) is 4.68 Å². The summed E-state index contributed by atoms with van der Waals surface area (Å²) in [6.45, 7) is 29.5. The van der Waals surface area contributed by atoms with Gasteiger partial charge in [0, 0.05) is 23.5 Å². The first-order valence-corrected chi connectivity index (χ1v) is 24.3. The number of pyridine rings is 1. The third-order valence-corrected chi connectivity index (χ3v) is 13.8. The predicted molar refractivity (Wildman–Crippen MR) is 282 cm³/mol. The van der Waals surface area contributed by atoms with Crippen LogP contribution in [0.5, 0.6) is 11.5 Å². The van der Waals surface area contributed by atoms with Gasteiger partial charge in [-0.05, 0) is 133 Å². The normalized spacial score (nSPS) is 13.7. The summed E-state index contributed by atoms with van der Waals surface area (Å²) in [5.74, 6) is 2.12. The van der Waals surface area contributed by atoms with Crippen LogP contribution in [0.1, 0.15) is 152 Å². The molecule has 6 aromatic carbocycles.